The van der Waals surface area contributed by atoms with Crippen molar-refractivity contribution in [3.8, 4) is 5.75 Å². The molecule has 0 bridgehead atoms. The molecular formula is C11H14O3. The lowest BCUT2D eigenvalue weighted by atomic mass is 10.0. The van der Waals surface area contributed by atoms with Gasteiger partial charge in [0, 0.05) is 6.42 Å². The van der Waals surface area contributed by atoms with Crippen molar-refractivity contribution < 1.29 is 15.0 Å². The lowest BCUT2D eigenvalue weighted by molar-refractivity contribution is 0.0898. The van der Waals surface area contributed by atoms with Crippen LogP contribution < -0.4 is 0 Å². The maximum atomic E-state index is 11.5. The molecule has 0 heterocycles. The Morgan fingerprint density at radius 3 is 2.71 bits per heavy atom. The van der Waals surface area contributed by atoms with E-state index in [0.29, 0.717) is 0 Å². The molecule has 0 aliphatic heterocycles. The highest BCUT2D eigenvalue weighted by atomic mass is 16.3. The highest BCUT2D eigenvalue weighted by molar-refractivity contribution is 5.98. The number of aliphatic hydroxyl groups is 1. The number of hydrogen-bond acceptors (Lipinski definition) is 3. The number of Topliss-reactive ketones (excluding diaryl/α,β-unsaturated/α-hetero) is 1. The molecule has 14 heavy (non-hydrogen) atoms. The van der Waals surface area contributed by atoms with Gasteiger partial charge in [0.1, 0.15) is 5.75 Å². The van der Waals surface area contributed by atoms with E-state index in [9.17, 15) is 9.90 Å². The molecule has 1 atom stereocenters. The van der Waals surface area contributed by atoms with Crippen molar-refractivity contribution in [3.63, 3.8) is 0 Å². The van der Waals surface area contributed by atoms with E-state index in [1.54, 1.807) is 19.1 Å². The van der Waals surface area contributed by atoms with Crippen molar-refractivity contribution in [1.82, 2.24) is 0 Å². The minimum absolute atomic E-state index is 0.0266. The molecule has 0 aliphatic carbocycles. The Labute approximate surface area is 83.0 Å². The van der Waals surface area contributed by atoms with E-state index in [1.165, 1.54) is 6.07 Å². The second-order valence-corrected chi connectivity index (χ2v) is 3.50. The molecule has 0 aromatic heterocycles. The molecule has 1 aromatic carbocycles. The van der Waals surface area contributed by atoms with Gasteiger partial charge in [0.15, 0.2) is 5.78 Å². The minimum Gasteiger partial charge on any atom is -0.507 e. The first-order valence-electron chi connectivity index (χ1n) is 4.51. The summed E-state index contributed by atoms with van der Waals surface area (Å²) < 4.78 is 0. The quantitative estimate of drug-likeness (QED) is 0.719. The van der Waals surface area contributed by atoms with E-state index in [-0.39, 0.29) is 23.5 Å². The Kier molecular flexibility index (Phi) is 3.25. The minimum atomic E-state index is -0.678. The van der Waals surface area contributed by atoms with E-state index in [4.69, 9.17) is 5.11 Å². The van der Waals surface area contributed by atoms with Gasteiger partial charge in [-0.15, -0.1) is 0 Å². The zero-order valence-electron chi connectivity index (χ0n) is 8.32. The second-order valence-electron chi connectivity index (χ2n) is 3.50. The molecule has 76 valence electrons. The Bertz CT molecular complexity index is 342. The standard InChI is InChI=1S/C11H14O3/c1-7-3-4-10(13)9(5-7)11(14)6-8(2)12/h3-5,8,12-13H,6H2,1-2H3/t8-/m1/s1. The Hall–Kier alpha value is -1.35. The van der Waals surface area contributed by atoms with Crippen molar-refractivity contribution in [3.05, 3.63) is 29.3 Å². The number of phenolic OH excluding ortho intramolecular Hbond substituents is 1. The summed E-state index contributed by atoms with van der Waals surface area (Å²) in [4.78, 5) is 11.5. The van der Waals surface area contributed by atoms with Crippen LogP contribution in [0, 0.1) is 6.92 Å². The van der Waals surface area contributed by atoms with Gasteiger partial charge in [-0.2, -0.15) is 0 Å². The number of phenols is 1. The second kappa shape index (κ2) is 4.24. The van der Waals surface area contributed by atoms with Crippen LogP contribution >= 0.6 is 0 Å². The van der Waals surface area contributed by atoms with Crippen LogP contribution in [-0.4, -0.2) is 22.1 Å². The molecule has 0 fully saturated rings. The van der Waals surface area contributed by atoms with Gasteiger partial charge < -0.3 is 10.2 Å². The summed E-state index contributed by atoms with van der Waals surface area (Å²) in [7, 11) is 0. The van der Waals surface area contributed by atoms with Gasteiger partial charge in [0.2, 0.25) is 0 Å². The van der Waals surface area contributed by atoms with E-state index in [2.05, 4.69) is 0 Å². The van der Waals surface area contributed by atoms with Crippen LogP contribution in [0.2, 0.25) is 0 Å². The number of rotatable bonds is 3. The Balaban J connectivity index is 2.94. The predicted octanol–water partition coefficient (Wildman–Crippen LogP) is 1.65. The van der Waals surface area contributed by atoms with Crippen LogP contribution in [0.15, 0.2) is 18.2 Å². The Morgan fingerprint density at radius 1 is 1.50 bits per heavy atom. The molecule has 0 saturated carbocycles. The third-order valence-electron chi connectivity index (χ3n) is 1.93. The van der Waals surface area contributed by atoms with Crippen LogP contribution in [-0.2, 0) is 0 Å². The van der Waals surface area contributed by atoms with Gasteiger partial charge in [-0.25, -0.2) is 0 Å². The fourth-order valence-corrected chi connectivity index (χ4v) is 1.25. The highest BCUT2D eigenvalue weighted by Gasteiger charge is 2.13. The zero-order valence-corrected chi connectivity index (χ0v) is 8.32. The van der Waals surface area contributed by atoms with E-state index in [0.717, 1.165) is 5.56 Å². The number of ketones is 1. The zero-order chi connectivity index (χ0) is 10.7. The summed E-state index contributed by atoms with van der Waals surface area (Å²) in [6, 6.07) is 4.85. The van der Waals surface area contributed by atoms with Crippen molar-refractivity contribution in [2.24, 2.45) is 0 Å². The number of hydrogen-bond donors (Lipinski definition) is 2. The predicted molar refractivity (Wildman–Crippen MR) is 53.5 cm³/mol. The van der Waals surface area contributed by atoms with E-state index in [1.807, 2.05) is 6.92 Å². The topological polar surface area (TPSA) is 57.5 Å². The molecule has 3 nitrogen and oxygen atoms in total. The summed E-state index contributed by atoms with van der Waals surface area (Å²) in [5, 5.41) is 18.5. The fraction of sp³-hybridized carbons (Fsp3) is 0.364. The average molecular weight is 194 g/mol. The van der Waals surface area contributed by atoms with Crippen LogP contribution in [0.1, 0.15) is 29.3 Å². The molecule has 3 heteroatoms. The number of aryl methyl sites for hydroxylation is 1. The fourth-order valence-electron chi connectivity index (χ4n) is 1.25. The first-order chi connectivity index (χ1) is 6.50. The summed E-state index contributed by atoms with van der Waals surface area (Å²) in [5.41, 5.74) is 1.20. The molecule has 0 amide bonds. The monoisotopic (exact) mass is 194 g/mol. The number of carbonyl (C=O) groups is 1. The maximum absolute atomic E-state index is 11.5. The third-order valence-corrected chi connectivity index (χ3v) is 1.93. The molecule has 0 spiro atoms. The molecule has 0 unspecified atom stereocenters. The van der Waals surface area contributed by atoms with Crippen molar-refractivity contribution in [2.75, 3.05) is 0 Å². The van der Waals surface area contributed by atoms with Crippen LogP contribution in [0.5, 0.6) is 5.75 Å². The first kappa shape index (κ1) is 10.7. The molecule has 1 rings (SSSR count). The summed E-state index contributed by atoms with van der Waals surface area (Å²) in [5.74, 6) is -0.262. The lowest BCUT2D eigenvalue weighted by Gasteiger charge is -2.06. The summed E-state index contributed by atoms with van der Waals surface area (Å²) in [6.07, 6.45) is -0.640. The number of aromatic hydroxyl groups is 1. The molecule has 0 radical (unpaired) electrons. The number of aliphatic hydroxyl groups excluding tert-OH is 1. The molecule has 0 saturated heterocycles. The van der Waals surface area contributed by atoms with E-state index < -0.39 is 6.10 Å². The SMILES string of the molecule is Cc1ccc(O)c(C(=O)C[C@@H](C)O)c1. The third kappa shape index (κ3) is 2.57. The van der Waals surface area contributed by atoms with Crippen molar-refractivity contribution in [1.29, 1.82) is 0 Å². The molecular weight excluding hydrogens is 180 g/mol. The normalized spacial score (nSPS) is 12.5. The largest absolute Gasteiger partial charge is 0.507 e. The van der Waals surface area contributed by atoms with Crippen LogP contribution in [0.4, 0.5) is 0 Å². The van der Waals surface area contributed by atoms with E-state index >= 15 is 0 Å². The smallest absolute Gasteiger partial charge is 0.169 e. The highest BCUT2D eigenvalue weighted by Crippen LogP contribution is 2.20. The number of benzene rings is 1. The van der Waals surface area contributed by atoms with Gasteiger partial charge in [-0.1, -0.05) is 11.6 Å². The molecule has 0 aliphatic rings. The van der Waals surface area contributed by atoms with Gasteiger partial charge in [0.25, 0.3) is 0 Å². The summed E-state index contributed by atoms with van der Waals surface area (Å²) in [6.45, 7) is 3.39. The lowest BCUT2D eigenvalue weighted by Crippen LogP contribution is -2.09. The first-order valence-corrected chi connectivity index (χ1v) is 4.51. The van der Waals surface area contributed by atoms with Crippen molar-refractivity contribution >= 4 is 5.78 Å². The van der Waals surface area contributed by atoms with Gasteiger partial charge >= 0.3 is 0 Å². The Morgan fingerprint density at radius 2 is 2.14 bits per heavy atom. The molecule has 1 aromatic rings. The van der Waals surface area contributed by atoms with Crippen molar-refractivity contribution in [2.45, 2.75) is 26.4 Å². The van der Waals surface area contributed by atoms with Gasteiger partial charge in [-0.3, -0.25) is 4.79 Å². The molecule has 2 N–H and O–H groups in total. The maximum Gasteiger partial charge on any atom is 0.169 e. The van der Waals surface area contributed by atoms with Crippen LogP contribution in [0.3, 0.4) is 0 Å². The van der Waals surface area contributed by atoms with Gasteiger partial charge in [-0.05, 0) is 26.0 Å². The average Bonchev–Trinajstić information content (AvgIpc) is 2.08. The van der Waals surface area contributed by atoms with Crippen LogP contribution in [0.25, 0.3) is 0 Å². The summed E-state index contributed by atoms with van der Waals surface area (Å²) >= 11 is 0. The van der Waals surface area contributed by atoms with Gasteiger partial charge in [0.05, 0.1) is 11.7 Å². The number of carbonyl (C=O) groups excluding carboxylic acids is 1.